The van der Waals surface area contributed by atoms with Crippen LogP contribution in [0.1, 0.15) is 25.0 Å². The highest BCUT2D eigenvalue weighted by Gasteiger charge is 2.39. The zero-order valence-corrected chi connectivity index (χ0v) is 11.2. The van der Waals surface area contributed by atoms with Gasteiger partial charge in [-0.1, -0.05) is 0 Å². The number of hydrogen-bond donors (Lipinski definition) is 1. The topological polar surface area (TPSA) is 73.2 Å². The summed E-state index contributed by atoms with van der Waals surface area (Å²) in [7, 11) is 0. The number of hydrogen-bond acceptors (Lipinski definition) is 4. The van der Waals surface area contributed by atoms with Crippen LogP contribution in [0.15, 0.2) is 18.2 Å². The molecule has 1 aliphatic heterocycles. The quantitative estimate of drug-likeness (QED) is 0.815. The summed E-state index contributed by atoms with van der Waals surface area (Å²) in [5.74, 6) is -1.29. The van der Waals surface area contributed by atoms with Crippen molar-refractivity contribution < 1.29 is 14.0 Å². The van der Waals surface area contributed by atoms with Gasteiger partial charge in [-0.15, -0.1) is 0 Å². The van der Waals surface area contributed by atoms with E-state index < -0.39 is 11.4 Å². The van der Waals surface area contributed by atoms with Crippen molar-refractivity contribution in [3.05, 3.63) is 35.1 Å². The highest BCUT2D eigenvalue weighted by molar-refractivity contribution is 6.02. The van der Waals surface area contributed by atoms with E-state index in [2.05, 4.69) is 5.32 Å². The number of piperazine rings is 1. The zero-order valence-electron chi connectivity index (χ0n) is 11.2. The maximum atomic E-state index is 13.4. The van der Waals surface area contributed by atoms with Crippen molar-refractivity contribution in [1.29, 1.82) is 5.26 Å². The smallest absolute Gasteiger partial charge is 0.249 e. The normalized spacial score (nSPS) is 18.0. The average Bonchev–Trinajstić information content (AvgIpc) is 2.39. The van der Waals surface area contributed by atoms with Crippen LogP contribution in [0.5, 0.6) is 0 Å². The van der Waals surface area contributed by atoms with Crippen LogP contribution in [0.2, 0.25) is 0 Å². The van der Waals surface area contributed by atoms with E-state index in [-0.39, 0.29) is 30.5 Å². The SMILES string of the molecule is CC1(C)NCC(=O)N(Cc2cc(F)cc(C#N)c2)C1=O. The Kier molecular flexibility index (Phi) is 3.55. The highest BCUT2D eigenvalue weighted by atomic mass is 19.1. The van der Waals surface area contributed by atoms with Crippen molar-refractivity contribution in [2.24, 2.45) is 0 Å². The molecule has 0 unspecified atom stereocenters. The van der Waals surface area contributed by atoms with Crippen molar-refractivity contribution in [2.45, 2.75) is 25.9 Å². The van der Waals surface area contributed by atoms with Gasteiger partial charge in [-0.25, -0.2) is 4.39 Å². The van der Waals surface area contributed by atoms with Crippen LogP contribution in [-0.4, -0.2) is 28.8 Å². The van der Waals surface area contributed by atoms with E-state index in [1.54, 1.807) is 13.8 Å². The van der Waals surface area contributed by atoms with Crippen LogP contribution in [0.3, 0.4) is 0 Å². The third kappa shape index (κ3) is 2.68. The number of rotatable bonds is 2. The van der Waals surface area contributed by atoms with Crippen LogP contribution >= 0.6 is 0 Å². The summed E-state index contributed by atoms with van der Waals surface area (Å²) in [6.45, 7) is 3.39. The number of nitriles is 1. The van der Waals surface area contributed by atoms with E-state index in [0.717, 1.165) is 11.0 Å². The van der Waals surface area contributed by atoms with Crippen LogP contribution in [0.25, 0.3) is 0 Å². The lowest BCUT2D eigenvalue weighted by Gasteiger charge is -2.36. The molecular weight excluding hydrogens is 261 g/mol. The Labute approximate surface area is 116 Å². The number of amides is 2. The first-order chi connectivity index (χ1) is 9.33. The number of nitrogens with zero attached hydrogens (tertiary/aromatic N) is 2. The van der Waals surface area contributed by atoms with Gasteiger partial charge in [0.2, 0.25) is 11.8 Å². The van der Waals surface area contributed by atoms with Crippen LogP contribution < -0.4 is 5.32 Å². The van der Waals surface area contributed by atoms with E-state index in [1.165, 1.54) is 12.1 Å². The first kappa shape index (κ1) is 14.2. The molecule has 1 aromatic carbocycles. The van der Waals surface area contributed by atoms with Crippen molar-refractivity contribution >= 4 is 11.8 Å². The van der Waals surface area contributed by atoms with E-state index in [9.17, 15) is 14.0 Å². The van der Waals surface area contributed by atoms with Gasteiger partial charge in [-0.2, -0.15) is 5.26 Å². The third-order valence-corrected chi connectivity index (χ3v) is 3.19. The molecule has 2 amide bonds. The Morgan fingerprint density at radius 2 is 2.10 bits per heavy atom. The Bertz CT molecular complexity index is 619. The largest absolute Gasteiger partial charge is 0.295 e. The average molecular weight is 275 g/mol. The van der Waals surface area contributed by atoms with Crippen LogP contribution in [0, 0.1) is 17.1 Å². The number of imide groups is 1. The molecule has 20 heavy (non-hydrogen) atoms. The van der Waals surface area contributed by atoms with Gasteiger partial charge in [0.25, 0.3) is 0 Å². The molecule has 0 bridgehead atoms. The van der Waals surface area contributed by atoms with E-state index in [1.807, 2.05) is 6.07 Å². The molecule has 0 spiro atoms. The van der Waals surface area contributed by atoms with Crippen molar-refractivity contribution in [3.8, 4) is 6.07 Å². The number of nitrogens with one attached hydrogen (secondary N) is 1. The second kappa shape index (κ2) is 5.02. The van der Waals surface area contributed by atoms with Crippen LogP contribution in [0.4, 0.5) is 4.39 Å². The second-order valence-electron chi connectivity index (χ2n) is 5.22. The van der Waals surface area contributed by atoms with Gasteiger partial charge in [-0.05, 0) is 37.6 Å². The van der Waals surface area contributed by atoms with Gasteiger partial charge in [0, 0.05) is 0 Å². The number of carbonyl (C=O) groups is 2. The second-order valence-corrected chi connectivity index (χ2v) is 5.22. The molecule has 1 aliphatic rings. The summed E-state index contributed by atoms with van der Waals surface area (Å²) in [5, 5.41) is 11.6. The summed E-state index contributed by atoms with van der Waals surface area (Å²) in [5.41, 5.74) is -0.255. The van der Waals surface area contributed by atoms with Gasteiger partial charge in [0.15, 0.2) is 0 Å². The van der Waals surface area contributed by atoms with Crippen LogP contribution in [-0.2, 0) is 16.1 Å². The molecule has 1 aromatic rings. The van der Waals surface area contributed by atoms with Crippen molar-refractivity contribution in [3.63, 3.8) is 0 Å². The molecule has 6 heteroatoms. The Morgan fingerprint density at radius 3 is 2.75 bits per heavy atom. The summed E-state index contributed by atoms with van der Waals surface area (Å²) in [6.07, 6.45) is 0. The minimum absolute atomic E-state index is 0.0325. The Hall–Kier alpha value is -2.26. The molecule has 0 aliphatic carbocycles. The molecule has 0 atom stereocenters. The maximum Gasteiger partial charge on any atom is 0.249 e. The fraction of sp³-hybridized carbons (Fsp3) is 0.357. The maximum absolute atomic E-state index is 13.4. The molecule has 5 nitrogen and oxygen atoms in total. The number of carbonyl (C=O) groups excluding carboxylic acids is 2. The number of benzene rings is 1. The molecule has 1 fully saturated rings. The minimum atomic E-state index is -0.834. The summed E-state index contributed by atoms with van der Waals surface area (Å²) in [6, 6.07) is 5.64. The molecule has 0 saturated carbocycles. The highest BCUT2D eigenvalue weighted by Crippen LogP contribution is 2.18. The minimum Gasteiger partial charge on any atom is -0.295 e. The molecule has 0 radical (unpaired) electrons. The summed E-state index contributed by atoms with van der Waals surface area (Å²) >= 11 is 0. The first-order valence-electron chi connectivity index (χ1n) is 6.13. The van der Waals surface area contributed by atoms with Gasteiger partial charge < -0.3 is 0 Å². The standard InChI is InChI=1S/C14H14FN3O2/c1-14(2)13(20)18(12(19)7-17-14)8-10-3-9(6-16)4-11(15)5-10/h3-5,17H,7-8H2,1-2H3. The van der Waals surface area contributed by atoms with Gasteiger partial charge in [0.05, 0.1) is 30.3 Å². The van der Waals surface area contributed by atoms with Crippen molar-refractivity contribution in [2.75, 3.05) is 6.54 Å². The van der Waals surface area contributed by atoms with Gasteiger partial charge in [-0.3, -0.25) is 19.8 Å². The lowest BCUT2D eigenvalue weighted by molar-refractivity contribution is -0.153. The third-order valence-electron chi connectivity index (χ3n) is 3.19. The number of halogens is 1. The monoisotopic (exact) mass is 275 g/mol. The Morgan fingerprint density at radius 1 is 1.40 bits per heavy atom. The zero-order chi connectivity index (χ0) is 14.9. The fourth-order valence-corrected chi connectivity index (χ4v) is 2.07. The van der Waals surface area contributed by atoms with Gasteiger partial charge in [0.1, 0.15) is 5.82 Å². The fourth-order valence-electron chi connectivity index (χ4n) is 2.07. The Balaban J connectivity index is 2.29. The molecular formula is C14H14FN3O2. The van der Waals surface area contributed by atoms with E-state index in [0.29, 0.717) is 5.56 Å². The predicted molar refractivity (Wildman–Crippen MR) is 68.8 cm³/mol. The first-order valence-corrected chi connectivity index (χ1v) is 6.13. The predicted octanol–water partition coefficient (Wildman–Crippen LogP) is 0.934. The summed E-state index contributed by atoms with van der Waals surface area (Å²) < 4.78 is 13.4. The van der Waals surface area contributed by atoms with E-state index >= 15 is 0 Å². The molecule has 1 saturated heterocycles. The van der Waals surface area contributed by atoms with E-state index in [4.69, 9.17) is 5.26 Å². The molecule has 104 valence electrons. The summed E-state index contributed by atoms with van der Waals surface area (Å²) in [4.78, 5) is 25.1. The lowest BCUT2D eigenvalue weighted by atomic mass is 9.99. The molecule has 1 heterocycles. The van der Waals surface area contributed by atoms with Gasteiger partial charge >= 0.3 is 0 Å². The molecule has 1 N–H and O–H groups in total. The lowest BCUT2D eigenvalue weighted by Crippen LogP contribution is -2.63. The molecule has 2 rings (SSSR count). The van der Waals surface area contributed by atoms with Crippen molar-refractivity contribution in [1.82, 2.24) is 10.2 Å². The molecule has 0 aromatic heterocycles.